The summed E-state index contributed by atoms with van der Waals surface area (Å²) in [6, 6.07) is 2.89. The molecule has 0 aliphatic carbocycles. The molecule has 1 aliphatic rings. The van der Waals surface area contributed by atoms with Gasteiger partial charge in [0.2, 0.25) is 0 Å². The highest BCUT2D eigenvalue weighted by molar-refractivity contribution is 7.10. The van der Waals surface area contributed by atoms with Crippen molar-refractivity contribution in [2.75, 3.05) is 19.6 Å². The van der Waals surface area contributed by atoms with Gasteiger partial charge in [-0.15, -0.1) is 11.3 Å². The molecular weight excluding hydrogens is 240 g/mol. The first-order chi connectivity index (χ1) is 8.50. The van der Waals surface area contributed by atoms with Gasteiger partial charge in [0, 0.05) is 37.1 Å². The third-order valence-corrected chi connectivity index (χ3v) is 4.84. The van der Waals surface area contributed by atoms with E-state index in [0.29, 0.717) is 11.5 Å². The molecule has 1 atom stereocenters. The molecule has 1 saturated heterocycles. The van der Waals surface area contributed by atoms with Gasteiger partial charge in [-0.05, 0) is 28.8 Å². The zero-order valence-corrected chi connectivity index (χ0v) is 12.9. The average molecular weight is 266 g/mol. The Balaban J connectivity index is 1.98. The standard InChI is InChI=1S/C15H26N2S/c1-5-12-6-9-18-13(12)10-17-8-7-16-14(11-17)15(2,3)4/h6,9,14,16H,5,7-8,10-11H2,1-4H3. The minimum absolute atomic E-state index is 0.349. The van der Waals surface area contributed by atoms with E-state index in [1.165, 1.54) is 18.7 Å². The maximum Gasteiger partial charge on any atom is 0.0331 e. The van der Waals surface area contributed by atoms with Gasteiger partial charge in [-0.3, -0.25) is 4.90 Å². The lowest BCUT2D eigenvalue weighted by Gasteiger charge is -2.40. The largest absolute Gasteiger partial charge is 0.311 e. The van der Waals surface area contributed by atoms with E-state index in [1.54, 1.807) is 4.88 Å². The molecule has 0 bridgehead atoms. The monoisotopic (exact) mass is 266 g/mol. The molecule has 102 valence electrons. The number of hydrogen-bond acceptors (Lipinski definition) is 3. The Kier molecular flexibility index (Phi) is 4.46. The Morgan fingerprint density at radius 2 is 2.22 bits per heavy atom. The predicted molar refractivity (Wildman–Crippen MR) is 80.2 cm³/mol. The Morgan fingerprint density at radius 1 is 1.44 bits per heavy atom. The topological polar surface area (TPSA) is 15.3 Å². The molecule has 18 heavy (non-hydrogen) atoms. The number of nitrogens with one attached hydrogen (secondary N) is 1. The first-order valence-electron chi connectivity index (χ1n) is 7.01. The normalized spacial score (nSPS) is 22.3. The van der Waals surface area contributed by atoms with Crippen LogP contribution in [0.3, 0.4) is 0 Å². The highest BCUT2D eigenvalue weighted by Crippen LogP contribution is 2.24. The van der Waals surface area contributed by atoms with Crippen LogP contribution in [-0.4, -0.2) is 30.6 Å². The molecule has 2 rings (SSSR count). The number of hydrogen-bond donors (Lipinski definition) is 1. The molecule has 2 heterocycles. The summed E-state index contributed by atoms with van der Waals surface area (Å²) in [4.78, 5) is 4.17. The molecule has 0 saturated carbocycles. The van der Waals surface area contributed by atoms with E-state index in [4.69, 9.17) is 0 Å². The van der Waals surface area contributed by atoms with Gasteiger partial charge in [0.1, 0.15) is 0 Å². The first kappa shape index (κ1) is 14.0. The molecule has 1 fully saturated rings. The van der Waals surface area contributed by atoms with Crippen LogP contribution in [0, 0.1) is 5.41 Å². The van der Waals surface area contributed by atoms with Crippen LogP contribution in [0.5, 0.6) is 0 Å². The summed E-state index contributed by atoms with van der Waals surface area (Å²) in [5.41, 5.74) is 1.88. The van der Waals surface area contributed by atoms with Crippen molar-refractivity contribution in [3.63, 3.8) is 0 Å². The third kappa shape index (κ3) is 3.34. The Hall–Kier alpha value is -0.380. The van der Waals surface area contributed by atoms with Crippen molar-refractivity contribution in [1.29, 1.82) is 0 Å². The Bertz CT molecular complexity index is 378. The molecule has 1 aromatic rings. The van der Waals surface area contributed by atoms with Crippen LogP contribution in [-0.2, 0) is 13.0 Å². The molecule has 1 unspecified atom stereocenters. The molecule has 0 radical (unpaired) electrons. The van der Waals surface area contributed by atoms with E-state index in [-0.39, 0.29) is 0 Å². The molecule has 1 aromatic heterocycles. The molecule has 2 nitrogen and oxygen atoms in total. The molecule has 3 heteroatoms. The summed E-state index contributed by atoms with van der Waals surface area (Å²) in [6.45, 7) is 13.8. The summed E-state index contributed by atoms with van der Waals surface area (Å²) >= 11 is 1.91. The van der Waals surface area contributed by atoms with Gasteiger partial charge < -0.3 is 5.32 Å². The molecule has 1 aliphatic heterocycles. The van der Waals surface area contributed by atoms with Gasteiger partial charge in [-0.1, -0.05) is 27.7 Å². The van der Waals surface area contributed by atoms with Crippen molar-refractivity contribution in [3.8, 4) is 0 Å². The summed E-state index contributed by atoms with van der Waals surface area (Å²) in [6.07, 6.45) is 1.16. The lowest BCUT2D eigenvalue weighted by Crippen LogP contribution is -2.55. The highest BCUT2D eigenvalue weighted by Gasteiger charge is 2.29. The van der Waals surface area contributed by atoms with E-state index in [0.717, 1.165) is 19.5 Å². The lowest BCUT2D eigenvalue weighted by atomic mass is 9.85. The Morgan fingerprint density at radius 3 is 2.89 bits per heavy atom. The molecule has 0 spiro atoms. The predicted octanol–water partition coefficient (Wildman–Crippen LogP) is 3.13. The fourth-order valence-electron chi connectivity index (χ4n) is 2.56. The number of aryl methyl sites for hydroxylation is 1. The van der Waals surface area contributed by atoms with Crippen LogP contribution >= 0.6 is 11.3 Å². The number of piperazine rings is 1. The minimum Gasteiger partial charge on any atom is -0.311 e. The molecule has 0 aromatic carbocycles. The van der Waals surface area contributed by atoms with Crippen LogP contribution in [0.2, 0.25) is 0 Å². The van der Waals surface area contributed by atoms with Crippen molar-refractivity contribution in [3.05, 3.63) is 21.9 Å². The number of nitrogens with zero attached hydrogens (tertiary/aromatic N) is 1. The van der Waals surface area contributed by atoms with Gasteiger partial charge in [0.05, 0.1) is 0 Å². The van der Waals surface area contributed by atoms with Crippen molar-refractivity contribution in [1.82, 2.24) is 10.2 Å². The Labute approximate surface area is 115 Å². The van der Waals surface area contributed by atoms with Crippen LogP contribution in [0.4, 0.5) is 0 Å². The summed E-state index contributed by atoms with van der Waals surface area (Å²) in [7, 11) is 0. The number of rotatable bonds is 3. The SMILES string of the molecule is CCc1ccsc1CN1CCNC(C(C)(C)C)C1. The summed E-state index contributed by atoms with van der Waals surface area (Å²) < 4.78 is 0. The maximum absolute atomic E-state index is 3.66. The molecule has 1 N–H and O–H groups in total. The zero-order chi connectivity index (χ0) is 13.2. The maximum atomic E-state index is 3.66. The van der Waals surface area contributed by atoms with Gasteiger partial charge in [-0.2, -0.15) is 0 Å². The fraction of sp³-hybridized carbons (Fsp3) is 0.733. The van der Waals surface area contributed by atoms with E-state index in [2.05, 4.69) is 49.4 Å². The lowest BCUT2D eigenvalue weighted by molar-refractivity contribution is 0.130. The number of thiophene rings is 1. The second-order valence-electron chi connectivity index (χ2n) is 6.33. The first-order valence-corrected chi connectivity index (χ1v) is 7.89. The second kappa shape index (κ2) is 5.72. The minimum atomic E-state index is 0.349. The van der Waals surface area contributed by atoms with Gasteiger partial charge >= 0.3 is 0 Å². The van der Waals surface area contributed by atoms with E-state index in [1.807, 2.05) is 11.3 Å². The fourth-order valence-corrected chi connectivity index (χ4v) is 3.58. The van der Waals surface area contributed by atoms with Crippen molar-refractivity contribution >= 4 is 11.3 Å². The second-order valence-corrected chi connectivity index (χ2v) is 7.33. The highest BCUT2D eigenvalue weighted by atomic mass is 32.1. The van der Waals surface area contributed by atoms with Crippen LogP contribution in [0.25, 0.3) is 0 Å². The molecule has 0 amide bonds. The van der Waals surface area contributed by atoms with Crippen molar-refractivity contribution in [2.24, 2.45) is 5.41 Å². The summed E-state index contributed by atoms with van der Waals surface area (Å²) in [5, 5.41) is 5.89. The van der Waals surface area contributed by atoms with Crippen LogP contribution in [0.15, 0.2) is 11.4 Å². The zero-order valence-electron chi connectivity index (χ0n) is 12.1. The smallest absolute Gasteiger partial charge is 0.0331 e. The third-order valence-electron chi connectivity index (χ3n) is 3.89. The van der Waals surface area contributed by atoms with Crippen molar-refractivity contribution in [2.45, 2.75) is 46.7 Å². The molecular formula is C15H26N2S. The van der Waals surface area contributed by atoms with Crippen LogP contribution in [0.1, 0.15) is 38.1 Å². The van der Waals surface area contributed by atoms with Crippen molar-refractivity contribution < 1.29 is 0 Å². The quantitative estimate of drug-likeness (QED) is 0.904. The van der Waals surface area contributed by atoms with Gasteiger partial charge in [-0.25, -0.2) is 0 Å². The van der Waals surface area contributed by atoms with E-state index >= 15 is 0 Å². The van der Waals surface area contributed by atoms with Gasteiger partial charge in [0.15, 0.2) is 0 Å². The average Bonchev–Trinajstić information content (AvgIpc) is 2.75. The van der Waals surface area contributed by atoms with Crippen LogP contribution < -0.4 is 5.32 Å². The van der Waals surface area contributed by atoms with E-state index in [9.17, 15) is 0 Å². The van der Waals surface area contributed by atoms with Gasteiger partial charge in [0.25, 0.3) is 0 Å². The van der Waals surface area contributed by atoms with E-state index < -0.39 is 0 Å². The summed E-state index contributed by atoms with van der Waals surface area (Å²) in [5.74, 6) is 0.